The minimum atomic E-state index is 0. The van der Waals surface area contributed by atoms with E-state index in [2.05, 4.69) is 34.8 Å². The molecule has 0 unspecified atom stereocenters. The summed E-state index contributed by atoms with van der Waals surface area (Å²) in [6.07, 6.45) is 6.17. The Morgan fingerprint density at radius 2 is 2.08 bits per heavy atom. The second-order valence-electron chi connectivity index (χ2n) is 5.79. The summed E-state index contributed by atoms with van der Waals surface area (Å²) in [6, 6.07) is 4.42. The van der Waals surface area contributed by atoms with Crippen molar-refractivity contribution in [2.45, 2.75) is 31.6 Å². The van der Waals surface area contributed by atoms with E-state index in [4.69, 9.17) is 0 Å². The van der Waals surface area contributed by atoms with Crippen LogP contribution in [-0.2, 0) is 10.5 Å². The topological polar surface area (TPSA) is 58.4 Å². The van der Waals surface area contributed by atoms with Gasteiger partial charge < -0.3 is 15.0 Å². The lowest BCUT2D eigenvalue weighted by molar-refractivity contribution is -0.119. The molecular formula is C16H24Cl2N4OS. The maximum atomic E-state index is 11.9. The Morgan fingerprint density at radius 3 is 2.83 bits per heavy atom. The van der Waals surface area contributed by atoms with E-state index >= 15 is 0 Å². The fraction of sp³-hybridized carbons (Fsp3) is 0.500. The number of nitrogens with one attached hydrogen (secondary N) is 2. The van der Waals surface area contributed by atoms with Crippen molar-refractivity contribution in [2.75, 3.05) is 18.8 Å². The Balaban J connectivity index is 0.00000144. The van der Waals surface area contributed by atoms with Gasteiger partial charge in [-0.1, -0.05) is 6.07 Å². The summed E-state index contributed by atoms with van der Waals surface area (Å²) in [5.41, 5.74) is 3.19. The summed E-state index contributed by atoms with van der Waals surface area (Å²) in [6.45, 7) is 4.07. The van der Waals surface area contributed by atoms with Crippen LogP contribution in [0.1, 0.15) is 24.1 Å². The van der Waals surface area contributed by atoms with Gasteiger partial charge in [-0.05, 0) is 44.5 Å². The van der Waals surface area contributed by atoms with Crippen molar-refractivity contribution in [1.29, 1.82) is 0 Å². The fourth-order valence-electron chi connectivity index (χ4n) is 2.71. The minimum Gasteiger partial charge on any atom is -0.353 e. The highest BCUT2D eigenvalue weighted by molar-refractivity contribution is 7.99. The van der Waals surface area contributed by atoms with Crippen molar-refractivity contribution >= 4 is 48.1 Å². The van der Waals surface area contributed by atoms with E-state index in [1.54, 1.807) is 11.8 Å². The molecule has 1 aliphatic heterocycles. The highest BCUT2D eigenvalue weighted by Gasteiger charge is 2.15. The number of halogens is 2. The molecule has 2 aromatic rings. The third-order valence-electron chi connectivity index (χ3n) is 3.84. The van der Waals surface area contributed by atoms with E-state index in [1.165, 1.54) is 5.56 Å². The van der Waals surface area contributed by atoms with Crippen molar-refractivity contribution < 1.29 is 4.79 Å². The first-order valence-electron chi connectivity index (χ1n) is 7.73. The zero-order valence-corrected chi connectivity index (χ0v) is 16.1. The highest BCUT2D eigenvalue weighted by atomic mass is 35.5. The van der Waals surface area contributed by atoms with Crippen LogP contribution in [0.2, 0.25) is 0 Å². The van der Waals surface area contributed by atoms with Crippen LogP contribution in [0.4, 0.5) is 0 Å². The van der Waals surface area contributed by atoms with Crippen LogP contribution < -0.4 is 10.6 Å². The number of hydrogen-bond donors (Lipinski definition) is 2. The zero-order valence-electron chi connectivity index (χ0n) is 13.7. The van der Waals surface area contributed by atoms with Crippen LogP contribution in [0.15, 0.2) is 24.5 Å². The summed E-state index contributed by atoms with van der Waals surface area (Å²) < 4.78 is 2.04. The molecule has 1 aliphatic rings. The van der Waals surface area contributed by atoms with E-state index < -0.39 is 0 Å². The third-order valence-corrected chi connectivity index (χ3v) is 4.80. The van der Waals surface area contributed by atoms with Crippen LogP contribution in [0.5, 0.6) is 0 Å². The molecule has 1 saturated heterocycles. The number of amides is 1. The van der Waals surface area contributed by atoms with E-state index in [0.717, 1.165) is 43.0 Å². The van der Waals surface area contributed by atoms with Crippen molar-refractivity contribution in [3.05, 3.63) is 35.8 Å². The normalized spacial score (nSPS) is 14.7. The summed E-state index contributed by atoms with van der Waals surface area (Å²) >= 11 is 1.62. The van der Waals surface area contributed by atoms with E-state index in [0.29, 0.717) is 11.8 Å². The first-order chi connectivity index (χ1) is 10.7. The van der Waals surface area contributed by atoms with Crippen LogP contribution in [0.3, 0.4) is 0 Å². The number of fused-ring (bicyclic) bond motifs is 1. The van der Waals surface area contributed by atoms with Gasteiger partial charge in [-0.2, -0.15) is 0 Å². The quantitative estimate of drug-likeness (QED) is 0.823. The first-order valence-corrected chi connectivity index (χ1v) is 8.88. The minimum absolute atomic E-state index is 0. The summed E-state index contributed by atoms with van der Waals surface area (Å²) in [4.78, 5) is 16.5. The molecule has 24 heavy (non-hydrogen) atoms. The Labute approximate surface area is 159 Å². The van der Waals surface area contributed by atoms with Gasteiger partial charge in [-0.3, -0.25) is 4.79 Å². The summed E-state index contributed by atoms with van der Waals surface area (Å²) in [5, 5.41) is 6.42. The first kappa shape index (κ1) is 21.1. The third kappa shape index (κ3) is 5.84. The summed E-state index contributed by atoms with van der Waals surface area (Å²) in [5.74, 6) is 1.40. The van der Waals surface area contributed by atoms with Gasteiger partial charge in [0.25, 0.3) is 0 Å². The SMILES string of the molecule is Cc1ccc2nc(CSCC(=O)NC3CCNCC3)cn2c1.Cl.Cl. The Hall–Kier alpha value is -0.950. The number of imidazole rings is 1. The number of carbonyl (C=O) groups is 1. The van der Waals surface area contributed by atoms with Crippen molar-refractivity contribution in [3.8, 4) is 0 Å². The van der Waals surface area contributed by atoms with Gasteiger partial charge in [0.15, 0.2) is 0 Å². The predicted octanol–water partition coefficient (Wildman–Crippen LogP) is 2.59. The molecule has 0 aliphatic carbocycles. The molecule has 5 nitrogen and oxygen atoms in total. The van der Waals surface area contributed by atoms with Crippen LogP contribution in [-0.4, -0.2) is 40.2 Å². The number of aryl methyl sites for hydroxylation is 1. The number of pyridine rings is 1. The predicted molar refractivity (Wildman–Crippen MR) is 105 cm³/mol. The van der Waals surface area contributed by atoms with Crippen LogP contribution >= 0.6 is 36.6 Å². The lowest BCUT2D eigenvalue weighted by Crippen LogP contribution is -2.43. The molecule has 1 fully saturated rings. The molecule has 0 spiro atoms. The van der Waals surface area contributed by atoms with E-state index in [1.807, 2.05) is 16.7 Å². The molecule has 2 aromatic heterocycles. The number of nitrogens with zero attached hydrogens (tertiary/aromatic N) is 2. The maximum absolute atomic E-state index is 11.9. The van der Waals surface area contributed by atoms with E-state index in [-0.39, 0.29) is 30.7 Å². The number of carbonyl (C=O) groups excluding carboxylic acids is 1. The molecule has 3 heterocycles. The Bertz CT molecular complexity index is 659. The molecule has 0 radical (unpaired) electrons. The van der Waals surface area contributed by atoms with Gasteiger partial charge in [-0.25, -0.2) is 4.98 Å². The smallest absolute Gasteiger partial charge is 0.230 e. The fourth-order valence-corrected chi connectivity index (χ4v) is 3.43. The molecule has 0 saturated carbocycles. The second kappa shape index (κ2) is 10.1. The zero-order chi connectivity index (χ0) is 15.4. The molecule has 3 rings (SSSR count). The number of thioether (sulfide) groups is 1. The van der Waals surface area contributed by atoms with Gasteiger partial charge >= 0.3 is 0 Å². The number of hydrogen-bond acceptors (Lipinski definition) is 4. The molecular weight excluding hydrogens is 367 g/mol. The molecule has 0 aromatic carbocycles. The molecule has 8 heteroatoms. The standard InChI is InChI=1S/C16H22N4OS.2ClH/c1-12-2-3-15-18-14(9-20(15)8-12)10-22-11-16(21)19-13-4-6-17-7-5-13;;/h2-3,8-9,13,17H,4-7,10-11H2,1H3,(H,19,21);2*1H. The monoisotopic (exact) mass is 390 g/mol. The average molecular weight is 391 g/mol. The van der Waals surface area contributed by atoms with Gasteiger partial charge in [0.05, 0.1) is 11.4 Å². The highest BCUT2D eigenvalue weighted by Crippen LogP contribution is 2.14. The van der Waals surface area contributed by atoms with Gasteiger partial charge in [0, 0.05) is 24.2 Å². The van der Waals surface area contributed by atoms with Crippen molar-refractivity contribution in [3.63, 3.8) is 0 Å². The molecule has 0 atom stereocenters. The molecule has 1 amide bonds. The number of piperidine rings is 1. The van der Waals surface area contributed by atoms with Crippen molar-refractivity contribution in [1.82, 2.24) is 20.0 Å². The van der Waals surface area contributed by atoms with Crippen LogP contribution in [0, 0.1) is 6.92 Å². The van der Waals surface area contributed by atoms with Crippen molar-refractivity contribution in [2.24, 2.45) is 0 Å². The molecule has 2 N–H and O–H groups in total. The van der Waals surface area contributed by atoms with Gasteiger partial charge in [0.1, 0.15) is 5.65 Å². The van der Waals surface area contributed by atoms with Crippen LogP contribution in [0.25, 0.3) is 5.65 Å². The van der Waals surface area contributed by atoms with Gasteiger partial charge in [0.2, 0.25) is 5.91 Å². The van der Waals surface area contributed by atoms with Gasteiger partial charge in [-0.15, -0.1) is 36.6 Å². The number of aromatic nitrogens is 2. The lowest BCUT2D eigenvalue weighted by Gasteiger charge is -2.23. The lowest BCUT2D eigenvalue weighted by atomic mass is 10.1. The Kier molecular flexibility index (Phi) is 8.91. The molecule has 0 bridgehead atoms. The largest absolute Gasteiger partial charge is 0.353 e. The average Bonchev–Trinajstić information content (AvgIpc) is 2.90. The Morgan fingerprint density at radius 1 is 1.33 bits per heavy atom. The number of rotatable bonds is 5. The second-order valence-corrected chi connectivity index (χ2v) is 6.77. The maximum Gasteiger partial charge on any atom is 0.230 e. The summed E-state index contributed by atoms with van der Waals surface area (Å²) in [7, 11) is 0. The molecule has 134 valence electrons. The van der Waals surface area contributed by atoms with E-state index in [9.17, 15) is 4.79 Å².